The van der Waals surface area contributed by atoms with Gasteiger partial charge in [0.1, 0.15) is 11.1 Å². The minimum Gasteiger partial charge on any atom is -0.378 e. The number of halogens is 3. The molecule has 0 aliphatic rings. The fourth-order valence-corrected chi connectivity index (χ4v) is 6.25. The molecule has 45 heavy (non-hydrogen) atoms. The Bertz CT molecular complexity index is 1770. The van der Waals surface area contributed by atoms with Gasteiger partial charge < -0.3 is 9.67 Å². The number of alkyl halides is 3. The summed E-state index contributed by atoms with van der Waals surface area (Å²) in [7, 11) is 0. The Balaban J connectivity index is 1.51. The molecule has 6 rings (SSSR count). The SMILES string of the molecule is CC(C)C(O)(c1cccc(-c2ccc(C(F)(F)F)cc2)c1)c1cn(C(c2ccccc2)(c2ccccc2)c2ccccc2)cn1. The zero-order chi connectivity index (χ0) is 31.7. The van der Waals surface area contributed by atoms with Crippen LogP contribution in [0.3, 0.4) is 0 Å². The summed E-state index contributed by atoms with van der Waals surface area (Å²) >= 11 is 0. The number of benzene rings is 5. The lowest BCUT2D eigenvalue weighted by molar-refractivity contribution is -0.137. The van der Waals surface area contributed by atoms with Gasteiger partial charge in [-0.1, -0.05) is 135 Å². The topological polar surface area (TPSA) is 38.0 Å². The summed E-state index contributed by atoms with van der Waals surface area (Å²) in [6.45, 7) is 3.87. The summed E-state index contributed by atoms with van der Waals surface area (Å²) in [6, 6.07) is 43.1. The Kier molecular flexibility index (Phi) is 7.94. The first-order chi connectivity index (χ1) is 21.6. The molecule has 1 heterocycles. The first-order valence-electron chi connectivity index (χ1n) is 14.9. The van der Waals surface area contributed by atoms with Crippen molar-refractivity contribution in [2.45, 2.75) is 31.2 Å². The van der Waals surface area contributed by atoms with E-state index in [9.17, 15) is 18.3 Å². The maximum absolute atomic E-state index is 13.2. The van der Waals surface area contributed by atoms with Crippen molar-refractivity contribution in [2.75, 3.05) is 0 Å². The Morgan fingerprint density at radius 1 is 0.578 bits per heavy atom. The maximum atomic E-state index is 13.2. The molecule has 226 valence electrons. The predicted octanol–water partition coefficient (Wildman–Crippen LogP) is 9.30. The van der Waals surface area contributed by atoms with Gasteiger partial charge in [0.25, 0.3) is 0 Å². The van der Waals surface area contributed by atoms with Crippen LogP contribution < -0.4 is 0 Å². The molecule has 0 bridgehead atoms. The molecule has 3 nitrogen and oxygen atoms in total. The molecule has 0 fully saturated rings. The van der Waals surface area contributed by atoms with Crippen LogP contribution in [0.2, 0.25) is 0 Å². The number of hydrogen-bond donors (Lipinski definition) is 1. The van der Waals surface area contributed by atoms with E-state index in [0.29, 0.717) is 22.4 Å². The Labute approximate surface area is 261 Å². The van der Waals surface area contributed by atoms with E-state index in [1.807, 2.05) is 98.9 Å². The molecule has 0 aliphatic heterocycles. The van der Waals surface area contributed by atoms with E-state index in [1.165, 1.54) is 12.1 Å². The van der Waals surface area contributed by atoms with E-state index in [0.717, 1.165) is 28.8 Å². The van der Waals surface area contributed by atoms with Crippen LogP contribution in [0.15, 0.2) is 152 Å². The second kappa shape index (κ2) is 11.9. The van der Waals surface area contributed by atoms with Gasteiger partial charge in [-0.05, 0) is 57.5 Å². The smallest absolute Gasteiger partial charge is 0.378 e. The monoisotopic (exact) mass is 602 g/mol. The van der Waals surface area contributed by atoms with E-state index >= 15 is 0 Å². The maximum Gasteiger partial charge on any atom is 0.416 e. The molecular weight excluding hydrogens is 569 g/mol. The lowest BCUT2D eigenvalue weighted by Gasteiger charge is -2.37. The van der Waals surface area contributed by atoms with E-state index in [4.69, 9.17) is 4.98 Å². The zero-order valence-electron chi connectivity index (χ0n) is 25.0. The first kappa shape index (κ1) is 30.1. The number of rotatable bonds is 8. The van der Waals surface area contributed by atoms with Crippen molar-refractivity contribution in [3.05, 3.63) is 186 Å². The highest BCUT2D eigenvalue weighted by Crippen LogP contribution is 2.43. The average Bonchev–Trinajstić information content (AvgIpc) is 3.57. The highest BCUT2D eigenvalue weighted by Gasteiger charge is 2.42. The van der Waals surface area contributed by atoms with Crippen LogP contribution in [-0.4, -0.2) is 14.7 Å². The van der Waals surface area contributed by atoms with Gasteiger partial charge in [-0.2, -0.15) is 13.2 Å². The summed E-state index contributed by atoms with van der Waals surface area (Å²) in [5, 5.41) is 12.5. The molecule has 6 aromatic rings. The van der Waals surface area contributed by atoms with Crippen LogP contribution in [0.25, 0.3) is 11.1 Å². The third-order valence-corrected chi connectivity index (χ3v) is 8.62. The molecular formula is C39H33F3N2O. The van der Waals surface area contributed by atoms with Crippen molar-refractivity contribution in [3.8, 4) is 11.1 Å². The largest absolute Gasteiger partial charge is 0.416 e. The first-order valence-corrected chi connectivity index (χ1v) is 14.9. The van der Waals surface area contributed by atoms with Gasteiger partial charge in [0.15, 0.2) is 0 Å². The molecule has 1 aromatic heterocycles. The van der Waals surface area contributed by atoms with Crippen molar-refractivity contribution in [1.82, 2.24) is 9.55 Å². The molecule has 0 saturated heterocycles. The Morgan fingerprint density at radius 2 is 1.07 bits per heavy atom. The number of aliphatic hydroxyl groups is 1. The van der Waals surface area contributed by atoms with Crippen molar-refractivity contribution in [2.24, 2.45) is 5.92 Å². The second-order valence-electron chi connectivity index (χ2n) is 11.6. The summed E-state index contributed by atoms with van der Waals surface area (Å²) in [4.78, 5) is 4.86. The number of hydrogen-bond acceptors (Lipinski definition) is 2. The minimum atomic E-state index is -4.41. The summed E-state index contributed by atoms with van der Waals surface area (Å²) in [5.74, 6) is -0.289. The molecule has 6 heteroatoms. The van der Waals surface area contributed by atoms with Crippen LogP contribution in [0.5, 0.6) is 0 Å². The van der Waals surface area contributed by atoms with Crippen LogP contribution in [0.1, 0.15) is 47.4 Å². The van der Waals surface area contributed by atoms with E-state index in [2.05, 4.69) is 41.0 Å². The van der Waals surface area contributed by atoms with Crippen LogP contribution in [0.4, 0.5) is 13.2 Å². The lowest BCUT2D eigenvalue weighted by Crippen LogP contribution is -2.37. The highest BCUT2D eigenvalue weighted by atomic mass is 19.4. The highest BCUT2D eigenvalue weighted by molar-refractivity contribution is 5.65. The fraction of sp³-hybridized carbons (Fsp3) is 0.154. The van der Waals surface area contributed by atoms with Crippen molar-refractivity contribution >= 4 is 0 Å². The molecule has 1 atom stereocenters. The van der Waals surface area contributed by atoms with Crippen molar-refractivity contribution in [3.63, 3.8) is 0 Å². The predicted molar refractivity (Wildman–Crippen MR) is 172 cm³/mol. The molecule has 5 aromatic carbocycles. The van der Waals surface area contributed by atoms with E-state index in [1.54, 1.807) is 6.33 Å². The van der Waals surface area contributed by atoms with Crippen LogP contribution >= 0.6 is 0 Å². The fourth-order valence-electron chi connectivity index (χ4n) is 6.25. The molecule has 0 spiro atoms. The minimum absolute atomic E-state index is 0.289. The Hall–Kier alpha value is -4.94. The van der Waals surface area contributed by atoms with E-state index in [-0.39, 0.29) is 5.92 Å². The van der Waals surface area contributed by atoms with Gasteiger partial charge >= 0.3 is 6.18 Å². The third kappa shape index (κ3) is 5.36. The summed E-state index contributed by atoms with van der Waals surface area (Å²) in [6.07, 6.45) is -0.723. The van der Waals surface area contributed by atoms with Crippen LogP contribution in [0, 0.1) is 5.92 Å². The molecule has 0 aliphatic carbocycles. The molecule has 0 amide bonds. The number of aromatic nitrogens is 2. The molecule has 0 saturated carbocycles. The lowest BCUT2D eigenvalue weighted by atomic mass is 9.76. The zero-order valence-corrected chi connectivity index (χ0v) is 25.0. The van der Waals surface area contributed by atoms with Crippen molar-refractivity contribution < 1.29 is 18.3 Å². The van der Waals surface area contributed by atoms with Gasteiger partial charge in [-0.3, -0.25) is 0 Å². The summed E-state index contributed by atoms with van der Waals surface area (Å²) < 4.78 is 41.6. The average molecular weight is 603 g/mol. The third-order valence-electron chi connectivity index (χ3n) is 8.62. The van der Waals surface area contributed by atoms with Gasteiger partial charge in [0, 0.05) is 6.20 Å². The quantitative estimate of drug-likeness (QED) is 0.176. The van der Waals surface area contributed by atoms with E-state index < -0.39 is 22.9 Å². The number of imidazole rings is 1. The number of nitrogens with zero attached hydrogens (tertiary/aromatic N) is 2. The van der Waals surface area contributed by atoms with Gasteiger partial charge in [-0.15, -0.1) is 0 Å². The normalized spacial score (nSPS) is 13.5. The standard InChI is InChI=1S/C39H33F3N2O/c1-28(2)38(45,35-20-12-13-30(25-35)29-21-23-34(24-22-29)39(40,41)42)36-26-44(27-43-36)37(31-14-6-3-7-15-31,32-16-8-4-9-17-32)33-18-10-5-11-19-33/h3-28,45H,1-2H3. The molecule has 1 N–H and O–H groups in total. The summed E-state index contributed by atoms with van der Waals surface area (Å²) in [5.41, 5.74) is 2.49. The van der Waals surface area contributed by atoms with Crippen LogP contribution in [-0.2, 0) is 17.3 Å². The van der Waals surface area contributed by atoms with Gasteiger partial charge in [-0.25, -0.2) is 4.98 Å². The second-order valence-corrected chi connectivity index (χ2v) is 11.6. The Morgan fingerprint density at radius 3 is 1.53 bits per heavy atom. The van der Waals surface area contributed by atoms with Crippen molar-refractivity contribution in [1.29, 1.82) is 0 Å². The van der Waals surface area contributed by atoms with Gasteiger partial charge in [0.2, 0.25) is 0 Å². The molecule has 0 radical (unpaired) electrons. The molecule has 1 unspecified atom stereocenters. The van der Waals surface area contributed by atoms with Gasteiger partial charge in [0.05, 0.1) is 17.6 Å².